The van der Waals surface area contributed by atoms with Gasteiger partial charge in [0, 0.05) is 23.5 Å². The monoisotopic (exact) mass is 323 g/mol. The highest BCUT2D eigenvalue weighted by atomic mass is 16.5. The summed E-state index contributed by atoms with van der Waals surface area (Å²) < 4.78 is 4.97. The molecule has 0 aliphatic heterocycles. The number of hydrogen-bond donors (Lipinski definition) is 1. The summed E-state index contributed by atoms with van der Waals surface area (Å²) in [6, 6.07) is 12.6. The zero-order valence-electron chi connectivity index (χ0n) is 14.1. The molecule has 0 saturated carbocycles. The molecule has 1 N–H and O–H groups in total. The molecular weight excluding hydrogens is 302 g/mol. The number of hydrogen-bond acceptors (Lipinski definition) is 4. The molecule has 4 heteroatoms. The lowest BCUT2D eigenvalue weighted by Crippen LogP contribution is -2.04. The van der Waals surface area contributed by atoms with Crippen molar-refractivity contribution >= 4 is 17.4 Å². The predicted octanol–water partition coefficient (Wildman–Crippen LogP) is 4.29. The maximum Gasteiger partial charge on any atom is 0.338 e. The van der Waals surface area contributed by atoms with Gasteiger partial charge in [-0.15, -0.1) is 0 Å². The zero-order valence-corrected chi connectivity index (χ0v) is 14.1. The van der Waals surface area contributed by atoms with Crippen LogP contribution in [0.3, 0.4) is 0 Å². The minimum absolute atomic E-state index is 0.0767. The highest BCUT2D eigenvalue weighted by molar-refractivity contribution is 6.04. The normalized spacial score (nSPS) is 10.6. The molecule has 0 aliphatic rings. The summed E-state index contributed by atoms with van der Waals surface area (Å²) in [7, 11) is 0. The fourth-order valence-corrected chi connectivity index (χ4v) is 2.15. The molecule has 0 atom stereocenters. The molecular formula is C20H21NO3. The maximum absolute atomic E-state index is 12.2. The summed E-state index contributed by atoms with van der Waals surface area (Å²) in [6.45, 7) is 6.09. The Bertz CT molecular complexity index is 778. The van der Waals surface area contributed by atoms with Crippen molar-refractivity contribution in [2.75, 3.05) is 11.9 Å². The molecule has 0 spiro atoms. The van der Waals surface area contributed by atoms with E-state index < -0.39 is 0 Å². The Balaban J connectivity index is 2.03. The topological polar surface area (TPSA) is 55.4 Å². The SMILES string of the molecule is CCOC(=O)c1cccc(N/C=C/C(=O)c2ccc(C)c(C)c2)c1. The molecule has 2 aromatic carbocycles. The molecule has 0 saturated heterocycles. The smallest absolute Gasteiger partial charge is 0.338 e. The van der Waals surface area contributed by atoms with E-state index in [9.17, 15) is 9.59 Å². The Hall–Kier alpha value is -2.88. The number of aryl methyl sites for hydroxylation is 2. The Morgan fingerprint density at radius 1 is 1.04 bits per heavy atom. The first-order chi connectivity index (χ1) is 11.5. The summed E-state index contributed by atoms with van der Waals surface area (Å²) in [4.78, 5) is 23.9. The van der Waals surface area contributed by atoms with E-state index in [-0.39, 0.29) is 11.8 Å². The highest BCUT2D eigenvalue weighted by Crippen LogP contribution is 2.13. The summed E-state index contributed by atoms with van der Waals surface area (Å²) in [5, 5.41) is 3.00. The first-order valence-corrected chi connectivity index (χ1v) is 7.83. The van der Waals surface area contributed by atoms with Crippen LogP contribution in [0.1, 0.15) is 38.8 Å². The van der Waals surface area contributed by atoms with Crippen LogP contribution in [0.2, 0.25) is 0 Å². The van der Waals surface area contributed by atoms with Crippen LogP contribution in [-0.4, -0.2) is 18.4 Å². The Morgan fingerprint density at radius 2 is 1.83 bits per heavy atom. The lowest BCUT2D eigenvalue weighted by atomic mass is 10.0. The van der Waals surface area contributed by atoms with E-state index in [0.717, 1.165) is 11.1 Å². The predicted molar refractivity (Wildman–Crippen MR) is 95.4 cm³/mol. The fourth-order valence-electron chi connectivity index (χ4n) is 2.15. The molecule has 0 heterocycles. The third-order valence-electron chi connectivity index (χ3n) is 3.65. The first kappa shape index (κ1) is 17.5. The molecule has 0 fully saturated rings. The van der Waals surface area contributed by atoms with E-state index in [2.05, 4.69) is 5.32 Å². The van der Waals surface area contributed by atoms with Gasteiger partial charge in [0.2, 0.25) is 0 Å². The molecule has 0 aliphatic carbocycles. The van der Waals surface area contributed by atoms with E-state index in [1.165, 1.54) is 6.08 Å². The number of allylic oxidation sites excluding steroid dienone is 1. The summed E-state index contributed by atoms with van der Waals surface area (Å²) in [6.07, 6.45) is 3.04. The van der Waals surface area contributed by atoms with Crippen LogP contribution >= 0.6 is 0 Å². The first-order valence-electron chi connectivity index (χ1n) is 7.83. The number of nitrogens with one attached hydrogen (secondary N) is 1. The quantitative estimate of drug-likeness (QED) is 0.489. The lowest BCUT2D eigenvalue weighted by molar-refractivity contribution is 0.0526. The average Bonchev–Trinajstić information content (AvgIpc) is 2.57. The van der Waals surface area contributed by atoms with Gasteiger partial charge in [0.25, 0.3) is 0 Å². The van der Waals surface area contributed by atoms with Gasteiger partial charge in [0.15, 0.2) is 5.78 Å². The van der Waals surface area contributed by atoms with Gasteiger partial charge >= 0.3 is 5.97 Å². The van der Waals surface area contributed by atoms with Gasteiger partial charge in [-0.3, -0.25) is 4.79 Å². The number of carbonyl (C=O) groups is 2. The van der Waals surface area contributed by atoms with Crippen LogP contribution < -0.4 is 5.32 Å². The van der Waals surface area contributed by atoms with Gasteiger partial charge in [-0.2, -0.15) is 0 Å². The van der Waals surface area contributed by atoms with Crippen molar-refractivity contribution in [1.29, 1.82) is 0 Å². The number of rotatable bonds is 6. The minimum atomic E-state index is -0.365. The number of ketones is 1. The third-order valence-corrected chi connectivity index (χ3v) is 3.65. The second-order valence-corrected chi connectivity index (χ2v) is 5.44. The number of ether oxygens (including phenoxy) is 1. The average molecular weight is 323 g/mol. The van der Waals surface area contributed by atoms with Crippen LogP contribution in [0.15, 0.2) is 54.7 Å². The number of carbonyl (C=O) groups excluding carboxylic acids is 2. The lowest BCUT2D eigenvalue weighted by Gasteiger charge is -2.05. The van der Waals surface area contributed by atoms with Gasteiger partial charge in [0.05, 0.1) is 12.2 Å². The maximum atomic E-state index is 12.2. The Morgan fingerprint density at radius 3 is 2.54 bits per heavy atom. The van der Waals surface area contributed by atoms with Crippen molar-refractivity contribution in [3.05, 3.63) is 77.0 Å². The van der Waals surface area contributed by atoms with Crippen LogP contribution in [0.25, 0.3) is 0 Å². The van der Waals surface area contributed by atoms with E-state index in [1.807, 2.05) is 38.1 Å². The molecule has 0 bridgehead atoms. The van der Waals surface area contributed by atoms with Gasteiger partial charge in [0.1, 0.15) is 0 Å². The number of anilines is 1. The van der Waals surface area contributed by atoms with Crippen molar-refractivity contribution in [2.45, 2.75) is 20.8 Å². The molecule has 0 unspecified atom stereocenters. The van der Waals surface area contributed by atoms with Crippen molar-refractivity contribution < 1.29 is 14.3 Å². The Labute approximate surface area is 142 Å². The van der Waals surface area contributed by atoms with Crippen LogP contribution in [-0.2, 0) is 4.74 Å². The highest BCUT2D eigenvalue weighted by Gasteiger charge is 2.06. The third kappa shape index (κ3) is 4.56. The molecule has 2 rings (SSSR count). The number of esters is 1. The minimum Gasteiger partial charge on any atom is -0.462 e. The molecule has 4 nitrogen and oxygen atoms in total. The van der Waals surface area contributed by atoms with Gasteiger partial charge in [-0.05, 0) is 56.2 Å². The zero-order chi connectivity index (χ0) is 17.5. The Kier molecular flexibility index (Phi) is 5.90. The van der Waals surface area contributed by atoms with E-state index in [4.69, 9.17) is 4.74 Å². The summed E-state index contributed by atoms with van der Waals surface area (Å²) in [5.74, 6) is -0.441. The molecule has 2 aromatic rings. The second-order valence-electron chi connectivity index (χ2n) is 5.44. The fraction of sp³-hybridized carbons (Fsp3) is 0.200. The van der Waals surface area contributed by atoms with Crippen LogP contribution in [0.5, 0.6) is 0 Å². The van der Waals surface area contributed by atoms with E-state index in [0.29, 0.717) is 23.4 Å². The van der Waals surface area contributed by atoms with Gasteiger partial charge in [-0.1, -0.05) is 18.2 Å². The van der Waals surface area contributed by atoms with Crippen molar-refractivity contribution in [2.24, 2.45) is 0 Å². The van der Waals surface area contributed by atoms with Crippen LogP contribution in [0, 0.1) is 13.8 Å². The molecule has 124 valence electrons. The van der Waals surface area contributed by atoms with E-state index >= 15 is 0 Å². The van der Waals surface area contributed by atoms with Crippen molar-refractivity contribution in [3.63, 3.8) is 0 Å². The number of benzene rings is 2. The van der Waals surface area contributed by atoms with Crippen molar-refractivity contribution in [1.82, 2.24) is 0 Å². The molecule has 0 radical (unpaired) electrons. The molecule has 24 heavy (non-hydrogen) atoms. The van der Waals surface area contributed by atoms with E-state index in [1.54, 1.807) is 31.3 Å². The second kappa shape index (κ2) is 8.11. The molecule has 0 amide bonds. The van der Waals surface area contributed by atoms with Gasteiger partial charge in [-0.25, -0.2) is 4.79 Å². The van der Waals surface area contributed by atoms with Gasteiger partial charge < -0.3 is 10.1 Å². The summed E-state index contributed by atoms with van der Waals surface area (Å²) >= 11 is 0. The van der Waals surface area contributed by atoms with Crippen LogP contribution in [0.4, 0.5) is 5.69 Å². The largest absolute Gasteiger partial charge is 0.462 e. The molecule has 0 aromatic heterocycles. The summed E-state index contributed by atoms with van der Waals surface area (Å²) in [5.41, 5.74) is 4.07. The van der Waals surface area contributed by atoms with Crippen molar-refractivity contribution in [3.8, 4) is 0 Å². The standard InChI is InChI=1S/C20H21NO3/c1-4-24-20(23)17-6-5-7-18(13-17)21-11-10-19(22)16-9-8-14(2)15(3)12-16/h5-13,21H,4H2,1-3H3/b11-10+.